The van der Waals surface area contributed by atoms with E-state index in [2.05, 4.69) is 5.32 Å². The second-order valence-corrected chi connectivity index (χ2v) is 6.92. The summed E-state index contributed by atoms with van der Waals surface area (Å²) in [4.78, 5) is 16.4. The van der Waals surface area contributed by atoms with Crippen LogP contribution in [-0.4, -0.2) is 18.3 Å². The van der Waals surface area contributed by atoms with Crippen molar-refractivity contribution in [1.82, 2.24) is 0 Å². The molecule has 0 saturated carbocycles. The largest absolute Gasteiger partial charge is 0.444 e. The summed E-state index contributed by atoms with van der Waals surface area (Å²) in [5, 5.41) is 3.18. The maximum Gasteiger partial charge on any atom is 0.412 e. The molecule has 0 fully saturated rings. The monoisotopic (exact) mass is 314 g/mol. The van der Waals surface area contributed by atoms with E-state index in [1.165, 1.54) is 0 Å². The fourth-order valence-electron chi connectivity index (χ4n) is 1.85. The molecule has 0 saturated heterocycles. The van der Waals surface area contributed by atoms with Crippen LogP contribution in [0, 0.1) is 0 Å². The smallest absolute Gasteiger partial charge is 0.412 e. The number of hydrogen-bond acceptors (Lipinski definition) is 4. The molecule has 0 atom stereocenters. The van der Waals surface area contributed by atoms with Crippen LogP contribution in [0.25, 0.3) is 0 Å². The number of carbonyl (C=O) groups excluding carboxylic acids is 1. The molecule has 0 unspecified atom stereocenters. The fraction of sp³-hybridized carbons (Fsp3) is 0.533. The zero-order chi connectivity index (χ0) is 16.3. The molecule has 0 aliphatic carbocycles. The molecular formula is C15H23ClN2O3. The van der Waals surface area contributed by atoms with Crippen molar-refractivity contribution in [2.24, 2.45) is 5.90 Å². The van der Waals surface area contributed by atoms with Crippen LogP contribution in [0.1, 0.15) is 40.2 Å². The number of halogens is 1. The Kier molecular flexibility index (Phi) is 5.61. The SMILES string of the molecule is CC(C)(C)OC(=O)Nc1ccc(C(C)(C)CON)c(Cl)c1. The van der Waals surface area contributed by atoms with E-state index in [4.69, 9.17) is 27.1 Å². The van der Waals surface area contributed by atoms with Gasteiger partial charge in [-0.15, -0.1) is 0 Å². The van der Waals surface area contributed by atoms with Crippen LogP contribution >= 0.6 is 11.6 Å². The number of nitrogens with two attached hydrogens (primary N) is 1. The first-order valence-electron chi connectivity index (χ1n) is 6.67. The van der Waals surface area contributed by atoms with Gasteiger partial charge < -0.3 is 9.57 Å². The lowest BCUT2D eigenvalue weighted by atomic mass is 9.85. The Hall–Kier alpha value is -1.30. The minimum absolute atomic E-state index is 0.323. The molecular weight excluding hydrogens is 292 g/mol. The maximum absolute atomic E-state index is 11.7. The highest BCUT2D eigenvalue weighted by molar-refractivity contribution is 6.31. The quantitative estimate of drug-likeness (QED) is 0.828. The van der Waals surface area contributed by atoms with Crippen molar-refractivity contribution < 1.29 is 14.4 Å². The van der Waals surface area contributed by atoms with Crippen LogP contribution in [0.15, 0.2) is 18.2 Å². The predicted octanol–water partition coefficient (Wildman–Crippen LogP) is 3.85. The Bertz CT molecular complexity index is 510. The number of anilines is 1. The molecule has 0 radical (unpaired) electrons. The molecule has 5 nitrogen and oxygen atoms in total. The summed E-state index contributed by atoms with van der Waals surface area (Å²) in [5.41, 5.74) is 0.594. The lowest BCUT2D eigenvalue weighted by Crippen LogP contribution is -2.28. The van der Waals surface area contributed by atoms with E-state index in [1.807, 2.05) is 19.9 Å². The first-order chi connectivity index (χ1) is 9.55. The third-order valence-electron chi connectivity index (χ3n) is 2.79. The minimum Gasteiger partial charge on any atom is -0.444 e. The highest BCUT2D eigenvalue weighted by atomic mass is 35.5. The normalized spacial score (nSPS) is 12.1. The molecule has 1 aromatic rings. The van der Waals surface area contributed by atoms with E-state index < -0.39 is 11.7 Å². The lowest BCUT2D eigenvalue weighted by Gasteiger charge is -2.25. The van der Waals surface area contributed by atoms with Crippen LogP contribution in [0.4, 0.5) is 10.5 Å². The van der Waals surface area contributed by atoms with Crippen LogP contribution in [-0.2, 0) is 15.0 Å². The number of rotatable bonds is 4. The van der Waals surface area contributed by atoms with E-state index in [0.29, 0.717) is 17.3 Å². The minimum atomic E-state index is -0.547. The predicted molar refractivity (Wildman–Crippen MR) is 84.5 cm³/mol. The van der Waals surface area contributed by atoms with Gasteiger partial charge in [-0.2, -0.15) is 0 Å². The summed E-state index contributed by atoms with van der Waals surface area (Å²) in [7, 11) is 0. The average Bonchev–Trinajstić information content (AvgIpc) is 2.25. The van der Waals surface area contributed by atoms with Crippen molar-refractivity contribution in [2.75, 3.05) is 11.9 Å². The molecule has 0 bridgehead atoms. The second kappa shape index (κ2) is 6.64. The molecule has 0 heterocycles. The van der Waals surface area contributed by atoms with E-state index in [9.17, 15) is 4.79 Å². The third-order valence-corrected chi connectivity index (χ3v) is 3.10. The molecule has 0 aromatic heterocycles. The van der Waals surface area contributed by atoms with Gasteiger partial charge in [0.1, 0.15) is 5.60 Å². The summed E-state index contributed by atoms with van der Waals surface area (Å²) in [5.74, 6) is 5.14. The van der Waals surface area contributed by atoms with Gasteiger partial charge in [0.15, 0.2) is 0 Å². The molecule has 3 N–H and O–H groups in total. The summed E-state index contributed by atoms with van der Waals surface area (Å²) in [6.45, 7) is 9.70. The van der Waals surface area contributed by atoms with Crippen molar-refractivity contribution in [1.29, 1.82) is 0 Å². The first kappa shape index (κ1) is 17.8. The number of ether oxygens (including phenoxy) is 1. The highest BCUT2D eigenvalue weighted by Gasteiger charge is 2.24. The zero-order valence-electron chi connectivity index (χ0n) is 13.1. The van der Waals surface area contributed by atoms with Gasteiger partial charge in [0.05, 0.1) is 6.61 Å². The molecule has 118 valence electrons. The number of amides is 1. The topological polar surface area (TPSA) is 73.6 Å². The molecule has 0 aliphatic heterocycles. The molecule has 6 heteroatoms. The Morgan fingerprint density at radius 3 is 2.38 bits per heavy atom. The van der Waals surface area contributed by atoms with Crippen molar-refractivity contribution in [2.45, 2.75) is 45.6 Å². The van der Waals surface area contributed by atoms with Gasteiger partial charge in [-0.25, -0.2) is 10.7 Å². The highest BCUT2D eigenvalue weighted by Crippen LogP contribution is 2.32. The van der Waals surface area contributed by atoms with Crippen molar-refractivity contribution in [3.05, 3.63) is 28.8 Å². The van der Waals surface area contributed by atoms with E-state index >= 15 is 0 Å². The summed E-state index contributed by atoms with van der Waals surface area (Å²) < 4.78 is 5.19. The van der Waals surface area contributed by atoms with E-state index in [1.54, 1.807) is 32.9 Å². The average molecular weight is 315 g/mol. The fourth-order valence-corrected chi connectivity index (χ4v) is 2.29. The van der Waals surface area contributed by atoms with Gasteiger partial charge in [0, 0.05) is 16.1 Å². The maximum atomic E-state index is 11.7. The van der Waals surface area contributed by atoms with Gasteiger partial charge in [0.2, 0.25) is 0 Å². The molecule has 1 amide bonds. The Morgan fingerprint density at radius 1 is 1.29 bits per heavy atom. The zero-order valence-corrected chi connectivity index (χ0v) is 13.9. The van der Waals surface area contributed by atoms with Crippen LogP contribution < -0.4 is 11.2 Å². The Balaban J connectivity index is 2.86. The number of benzene rings is 1. The first-order valence-corrected chi connectivity index (χ1v) is 7.05. The third kappa shape index (κ3) is 5.53. The summed E-state index contributed by atoms with van der Waals surface area (Å²) >= 11 is 6.28. The Morgan fingerprint density at radius 2 is 1.90 bits per heavy atom. The Labute approximate surface area is 130 Å². The second-order valence-electron chi connectivity index (χ2n) is 6.52. The van der Waals surface area contributed by atoms with Crippen LogP contribution in [0.2, 0.25) is 5.02 Å². The summed E-state index contributed by atoms with van der Waals surface area (Å²) in [6, 6.07) is 5.29. The number of nitrogens with one attached hydrogen (secondary N) is 1. The number of carbonyl (C=O) groups is 1. The lowest BCUT2D eigenvalue weighted by molar-refractivity contribution is 0.0636. The van der Waals surface area contributed by atoms with Gasteiger partial charge in [-0.3, -0.25) is 5.32 Å². The van der Waals surface area contributed by atoms with Crippen molar-refractivity contribution in [3.63, 3.8) is 0 Å². The molecule has 0 aliphatic rings. The van der Waals surface area contributed by atoms with E-state index in [-0.39, 0.29) is 5.41 Å². The number of hydrogen-bond donors (Lipinski definition) is 2. The van der Waals surface area contributed by atoms with Gasteiger partial charge in [-0.05, 0) is 38.5 Å². The molecule has 1 aromatic carbocycles. The van der Waals surface area contributed by atoms with Gasteiger partial charge >= 0.3 is 6.09 Å². The van der Waals surface area contributed by atoms with Crippen LogP contribution in [0.5, 0.6) is 0 Å². The summed E-state index contributed by atoms with van der Waals surface area (Å²) in [6.07, 6.45) is -0.518. The standard InChI is InChI=1S/C15H23ClN2O3/c1-14(2,3)21-13(19)18-10-6-7-11(12(16)8-10)15(4,5)9-20-17/h6-8H,9,17H2,1-5H3,(H,18,19). The molecule has 21 heavy (non-hydrogen) atoms. The van der Waals surface area contributed by atoms with E-state index in [0.717, 1.165) is 5.56 Å². The van der Waals surface area contributed by atoms with Crippen molar-refractivity contribution in [3.8, 4) is 0 Å². The van der Waals surface area contributed by atoms with Crippen molar-refractivity contribution >= 4 is 23.4 Å². The molecule has 1 rings (SSSR count). The molecule has 0 spiro atoms. The van der Waals surface area contributed by atoms with Gasteiger partial charge in [0.25, 0.3) is 0 Å². The van der Waals surface area contributed by atoms with Gasteiger partial charge in [-0.1, -0.05) is 31.5 Å². The van der Waals surface area contributed by atoms with Crippen LogP contribution in [0.3, 0.4) is 0 Å².